The smallest absolute Gasteiger partial charge is 0.0462 e. The van der Waals surface area contributed by atoms with E-state index >= 15 is 0 Å². The topological polar surface area (TPSA) is 20.2 Å². The standard InChI is InChI=1S/C15H17ClOS/c16-14-6-3-12(4-7-14)10-13(11-17)5-8-15-2-1-9-18-15/h1-4,6-7,9,13,17H,5,8,10-11H2. The second kappa shape index (κ2) is 6.93. The van der Waals surface area contributed by atoms with Gasteiger partial charge in [0.2, 0.25) is 0 Å². The molecule has 1 aromatic heterocycles. The lowest BCUT2D eigenvalue weighted by Crippen LogP contribution is -2.10. The fourth-order valence-electron chi connectivity index (χ4n) is 2.01. The van der Waals surface area contributed by atoms with Gasteiger partial charge in [0.25, 0.3) is 0 Å². The van der Waals surface area contributed by atoms with Crippen LogP contribution in [0.25, 0.3) is 0 Å². The summed E-state index contributed by atoms with van der Waals surface area (Å²) in [6.45, 7) is 0.244. The maximum Gasteiger partial charge on any atom is 0.0462 e. The Morgan fingerprint density at radius 2 is 1.94 bits per heavy atom. The van der Waals surface area contributed by atoms with Crippen LogP contribution in [-0.2, 0) is 12.8 Å². The Kier molecular flexibility index (Phi) is 5.24. The number of benzene rings is 1. The first kappa shape index (κ1) is 13.6. The second-order valence-electron chi connectivity index (χ2n) is 4.50. The molecule has 1 atom stereocenters. The highest BCUT2D eigenvalue weighted by Gasteiger charge is 2.09. The van der Waals surface area contributed by atoms with Gasteiger partial charge in [0.1, 0.15) is 0 Å². The molecule has 0 aliphatic carbocycles. The fourth-order valence-corrected chi connectivity index (χ4v) is 2.86. The Morgan fingerprint density at radius 1 is 1.17 bits per heavy atom. The van der Waals surface area contributed by atoms with Gasteiger partial charge in [-0.15, -0.1) is 11.3 Å². The molecule has 0 amide bonds. The molecule has 1 aromatic carbocycles. The molecule has 0 saturated heterocycles. The van der Waals surface area contributed by atoms with Gasteiger partial charge >= 0.3 is 0 Å². The zero-order valence-electron chi connectivity index (χ0n) is 10.2. The molecule has 0 aliphatic rings. The van der Waals surface area contributed by atoms with Crippen LogP contribution >= 0.6 is 22.9 Å². The molecule has 0 bridgehead atoms. The first-order chi connectivity index (χ1) is 8.78. The summed E-state index contributed by atoms with van der Waals surface area (Å²) in [4.78, 5) is 1.39. The number of hydrogen-bond acceptors (Lipinski definition) is 2. The summed E-state index contributed by atoms with van der Waals surface area (Å²) in [5.41, 5.74) is 1.24. The lowest BCUT2D eigenvalue weighted by molar-refractivity contribution is 0.218. The molecule has 2 rings (SSSR count). The summed E-state index contributed by atoms with van der Waals surface area (Å²) in [5.74, 6) is 0.327. The Morgan fingerprint density at radius 3 is 2.56 bits per heavy atom. The molecule has 1 N–H and O–H groups in total. The minimum atomic E-state index is 0.244. The highest BCUT2D eigenvalue weighted by atomic mass is 35.5. The van der Waals surface area contributed by atoms with Gasteiger partial charge in [-0.3, -0.25) is 0 Å². The summed E-state index contributed by atoms with van der Waals surface area (Å²) in [6.07, 6.45) is 3.00. The van der Waals surface area contributed by atoms with E-state index in [0.29, 0.717) is 5.92 Å². The van der Waals surface area contributed by atoms with Crippen molar-refractivity contribution in [3.63, 3.8) is 0 Å². The van der Waals surface area contributed by atoms with Gasteiger partial charge in [0.05, 0.1) is 0 Å². The van der Waals surface area contributed by atoms with E-state index in [9.17, 15) is 5.11 Å². The van der Waals surface area contributed by atoms with E-state index in [-0.39, 0.29) is 6.61 Å². The molecular weight excluding hydrogens is 264 g/mol. The Balaban J connectivity index is 1.87. The highest BCUT2D eigenvalue weighted by Crippen LogP contribution is 2.19. The van der Waals surface area contributed by atoms with E-state index in [1.807, 2.05) is 24.3 Å². The summed E-state index contributed by atoms with van der Waals surface area (Å²) < 4.78 is 0. The summed E-state index contributed by atoms with van der Waals surface area (Å²) >= 11 is 7.65. The van der Waals surface area contributed by atoms with Gasteiger partial charge in [0, 0.05) is 16.5 Å². The van der Waals surface area contributed by atoms with Crippen molar-refractivity contribution >= 4 is 22.9 Å². The third kappa shape index (κ3) is 4.13. The van der Waals surface area contributed by atoms with Crippen LogP contribution in [0.4, 0.5) is 0 Å². The third-order valence-electron chi connectivity index (χ3n) is 3.07. The summed E-state index contributed by atoms with van der Waals surface area (Å²) in [5, 5.41) is 12.3. The van der Waals surface area contributed by atoms with Gasteiger partial charge in [-0.1, -0.05) is 29.8 Å². The van der Waals surface area contributed by atoms with Gasteiger partial charge in [-0.2, -0.15) is 0 Å². The van der Waals surface area contributed by atoms with Gasteiger partial charge in [0.15, 0.2) is 0 Å². The van der Waals surface area contributed by atoms with Crippen LogP contribution in [0.5, 0.6) is 0 Å². The van der Waals surface area contributed by atoms with E-state index in [1.165, 1.54) is 10.4 Å². The van der Waals surface area contributed by atoms with Crippen LogP contribution in [0.2, 0.25) is 5.02 Å². The molecule has 0 fully saturated rings. The number of aryl methyl sites for hydroxylation is 1. The molecule has 96 valence electrons. The summed E-state index contributed by atoms with van der Waals surface area (Å²) in [7, 11) is 0. The van der Waals surface area contributed by atoms with Crippen molar-refractivity contribution in [3.05, 3.63) is 57.2 Å². The number of rotatable bonds is 6. The van der Waals surface area contributed by atoms with Crippen LogP contribution in [0, 0.1) is 5.92 Å². The molecule has 1 unspecified atom stereocenters. The van der Waals surface area contributed by atoms with Gasteiger partial charge < -0.3 is 5.11 Å². The average Bonchev–Trinajstić information content (AvgIpc) is 2.90. The van der Waals surface area contributed by atoms with Crippen molar-refractivity contribution in [1.82, 2.24) is 0 Å². The number of thiophene rings is 1. The second-order valence-corrected chi connectivity index (χ2v) is 5.97. The Hall–Kier alpha value is -0.830. The molecule has 0 aliphatic heterocycles. The molecule has 1 heterocycles. The summed E-state index contributed by atoms with van der Waals surface area (Å²) in [6, 6.07) is 12.1. The van der Waals surface area contributed by atoms with Crippen molar-refractivity contribution in [2.24, 2.45) is 5.92 Å². The quantitative estimate of drug-likeness (QED) is 0.841. The number of hydrogen-bond donors (Lipinski definition) is 1. The van der Waals surface area contributed by atoms with Crippen LogP contribution in [-0.4, -0.2) is 11.7 Å². The first-order valence-electron chi connectivity index (χ1n) is 6.15. The number of halogens is 1. The highest BCUT2D eigenvalue weighted by molar-refractivity contribution is 7.09. The molecule has 1 nitrogen and oxygen atoms in total. The van der Waals surface area contributed by atoms with Gasteiger partial charge in [-0.25, -0.2) is 0 Å². The van der Waals surface area contributed by atoms with Crippen LogP contribution < -0.4 is 0 Å². The van der Waals surface area contributed by atoms with E-state index in [0.717, 1.165) is 24.3 Å². The van der Waals surface area contributed by atoms with Crippen LogP contribution in [0.1, 0.15) is 16.9 Å². The molecule has 0 radical (unpaired) electrons. The first-order valence-corrected chi connectivity index (χ1v) is 7.41. The van der Waals surface area contributed by atoms with E-state index in [4.69, 9.17) is 11.6 Å². The maximum absolute atomic E-state index is 9.45. The fraction of sp³-hybridized carbons (Fsp3) is 0.333. The zero-order chi connectivity index (χ0) is 12.8. The SMILES string of the molecule is OCC(CCc1cccs1)Cc1ccc(Cl)cc1. The maximum atomic E-state index is 9.45. The minimum Gasteiger partial charge on any atom is -0.396 e. The van der Waals surface area contributed by atoms with E-state index in [1.54, 1.807) is 11.3 Å². The monoisotopic (exact) mass is 280 g/mol. The molecule has 0 spiro atoms. The molecular formula is C15H17ClOS. The Labute approximate surface area is 117 Å². The molecule has 3 heteroatoms. The number of aliphatic hydroxyl groups is 1. The normalized spacial score (nSPS) is 12.6. The van der Waals surface area contributed by atoms with E-state index < -0.39 is 0 Å². The average molecular weight is 281 g/mol. The third-order valence-corrected chi connectivity index (χ3v) is 4.26. The largest absolute Gasteiger partial charge is 0.396 e. The minimum absolute atomic E-state index is 0.244. The zero-order valence-corrected chi connectivity index (χ0v) is 11.8. The molecule has 18 heavy (non-hydrogen) atoms. The van der Waals surface area contributed by atoms with Crippen LogP contribution in [0.3, 0.4) is 0 Å². The van der Waals surface area contributed by atoms with Crippen molar-refractivity contribution in [2.75, 3.05) is 6.61 Å². The van der Waals surface area contributed by atoms with Crippen molar-refractivity contribution in [3.8, 4) is 0 Å². The van der Waals surface area contributed by atoms with Gasteiger partial charge in [-0.05, 0) is 54.3 Å². The predicted octanol–water partition coefficient (Wildman–Crippen LogP) is 4.19. The van der Waals surface area contributed by atoms with Crippen molar-refractivity contribution < 1.29 is 5.11 Å². The van der Waals surface area contributed by atoms with Crippen LogP contribution in [0.15, 0.2) is 41.8 Å². The molecule has 0 saturated carbocycles. The van der Waals surface area contributed by atoms with E-state index in [2.05, 4.69) is 17.5 Å². The number of aliphatic hydroxyl groups excluding tert-OH is 1. The van der Waals surface area contributed by atoms with Crippen molar-refractivity contribution in [2.45, 2.75) is 19.3 Å². The lowest BCUT2D eigenvalue weighted by atomic mass is 9.95. The van der Waals surface area contributed by atoms with Crippen molar-refractivity contribution in [1.29, 1.82) is 0 Å². The predicted molar refractivity (Wildman–Crippen MR) is 78.4 cm³/mol. The Bertz CT molecular complexity index is 450. The lowest BCUT2D eigenvalue weighted by Gasteiger charge is -2.13. The molecule has 2 aromatic rings.